The van der Waals surface area contributed by atoms with Crippen LogP contribution in [-0.4, -0.2) is 70.5 Å². The Bertz CT molecular complexity index is 2300. The molecule has 3 saturated heterocycles. The van der Waals surface area contributed by atoms with Gasteiger partial charge in [0, 0.05) is 84.3 Å². The van der Waals surface area contributed by atoms with E-state index in [0.29, 0.717) is 36.6 Å². The van der Waals surface area contributed by atoms with Crippen LogP contribution in [0.4, 0.5) is 4.79 Å². The average molecular weight is 1140 g/mol. The molecule has 8 nitrogen and oxygen atoms in total. The van der Waals surface area contributed by atoms with Gasteiger partial charge >= 0.3 is 6.03 Å². The van der Waals surface area contributed by atoms with E-state index in [1.165, 1.54) is 51.9 Å². The molecule has 62 heavy (non-hydrogen) atoms. The summed E-state index contributed by atoms with van der Waals surface area (Å²) in [7, 11) is 0. The Labute approximate surface area is 409 Å². The summed E-state index contributed by atoms with van der Waals surface area (Å²) in [5.74, 6) is 2.08. The monoisotopic (exact) mass is 1130 g/mol. The molecule has 5 aliphatic rings. The lowest BCUT2D eigenvalue weighted by Gasteiger charge is -2.40. The Morgan fingerprint density at radius 1 is 0.710 bits per heavy atom. The summed E-state index contributed by atoms with van der Waals surface area (Å²) in [6.45, 7) is 6.45. The van der Waals surface area contributed by atoms with Crippen LogP contribution in [0.15, 0.2) is 66.7 Å². The summed E-state index contributed by atoms with van der Waals surface area (Å²) >= 11 is 27.6. The van der Waals surface area contributed by atoms with Crippen LogP contribution in [0, 0.1) is 17.8 Å². The molecule has 3 amide bonds. The first kappa shape index (κ1) is 46.5. The first-order chi connectivity index (χ1) is 29.9. The number of amides is 3. The summed E-state index contributed by atoms with van der Waals surface area (Å²) in [6.07, 6.45) is 15.1. The van der Waals surface area contributed by atoms with Crippen molar-refractivity contribution in [3.05, 3.63) is 121 Å². The van der Waals surface area contributed by atoms with Gasteiger partial charge in [0.1, 0.15) is 0 Å². The van der Waals surface area contributed by atoms with Gasteiger partial charge in [0.15, 0.2) is 0 Å². The van der Waals surface area contributed by atoms with Gasteiger partial charge in [-0.3, -0.25) is 14.8 Å². The third-order valence-corrected chi connectivity index (χ3v) is 16.7. The molecular formula is C48H54Br4Cl2N6O2. The topological polar surface area (TPSA) is 104 Å². The molecule has 0 saturated carbocycles. The third-order valence-electron chi connectivity index (χ3n) is 14.1. The molecule has 9 rings (SSSR count). The molecule has 0 radical (unpaired) electrons. The molecule has 330 valence electrons. The Hall–Kier alpha value is -2.06. The number of aromatic nitrogens is 2. The van der Waals surface area contributed by atoms with Crippen LogP contribution in [0.25, 0.3) is 0 Å². The molecule has 2 aromatic heterocycles. The van der Waals surface area contributed by atoms with Crippen molar-refractivity contribution in [1.29, 1.82) is 0 Å². The highest BCUT2D eigenvalue weighted by Gasteiger charge is 2.38. The van der Waals surface area contributed by atoms with Gasteiger partial charge in [-0.1, -0.05) is 62.0 Å². The Morgan fingerprint density at radius 3 is 1.71 bits per heavy atom. The number of hydrogen-bond donors (Lipinski definition) is 2. The van der Waals surface area contributed by atoms with Gasteiger partial charge in [-0.05, 0) is 203 Å². The maximum atomic E-state index is 13.3. The molecule has 0 spiro atoms. The first-order valence-corrected chi connectivity index (χ1v) is 26.1. The molecule has 0 bridgehead atoms. The van der Waals surface area contributed by atoms with E-state index in [2.05, 4.69) is 105 Å². The molecule has 3 N–H and O–H groups in total. The third kappa shape index (κ3) is 10.3. The minimum Gasteiger partial charge on any atom is -0.351 e. The number of pyridine rings is 2. The van der Waals surface area contributed by atoms with Crippen LogP contribution in [0.5, 0.6) is 0 Å². The van der Waals surface area contributed by atoms with Crippen molar-refractivity contribution in [2.24, 2.45) is 23.5 Å². The highest BCUT2D eigenvalue weighted by Crippen LogP contribution is 2.48. The number of rotatable bonds is 5. The highest BCUT2D eigenvalue weighted by atomic mass is 79.9. The molecule has 4 aromatic rings. The SMILES string of the molecule is CC[C@H]1CC(CC(=O)N2CCC([C@H]3c4ncc(Br)cc4CCc4cc(Cl)cc(Br)c43)CC2)CCN1C(N)=O.Clc1cc(Br)c2c(c1)CCc1cc(Br)cnc1[C@@H]2C1CCNCC1. The second kappa shape index (κ2) is 20.6. The van der Waals surface area contributed by atoms with Crippen LogP contribution < -0.4 is 11.1 Å². The Balaban J connectivity index is 0.000000189. The van der Waals surface area contributed by atoms with E-state index in [0.717, 1.165) is 118 Å². The van der Waals surface area contributed by atoms with Crippen molar-refractivity contribution in [1.82, 2.24) is 25.1 Å². The summed E-state index contributed by atoms with van der Waals surface area (Å²) < 4.78 is 4.25. The summed E-state index contributed by atoms with van der Waals surface area (Å²) in [5, 5.41) is 5.05. The lowest BCUT2D eigenvalue weighted by atomic mass is 9.76. The van der Waals surface area contributed by atoms with E-state index in [1.54, 1.807) is 4.90 Å². The number of carbonyl (C=O) groups is 2. The van der Waals surface area contributed by atoms with Crippen molar-refractivity contribution in [3.63, 3.8) is 0 Å². The molecule has 14 heteroatoms. The van der Waals surface area contributed by atoms with Crippen LogP contribution in [-0.2, 0) is 30.5 Å². The van der Waals surface area contributed by atoms with Gasteiger partial charge < -0.3 is 20.9 Å². The highest BCUT2D eigenvalue weighted by molar-refractivity contribution is 9.11. The molecule has 3 aliphatic heterocycles. The van der Waals surface area contributed by atoms with Crippen LogP contribution in [0.2, 0.25) is 10.0 Å². The quantitative estimate of drug-likeness (QED) is 0.207. The van der Waals surface area contributed by atoms with Crippen LogP contribution in [0.1, 0.15) is 115 Å². The number of benzene rings is 2. The second-order valence-electron chi connectivity index (χ2n) is 17.8. The number of hydrogen-bond acceptors (Lipinski definition) is 5. The first-order valence-electron chi connectivity index (χ1n) is 22.2. The van der Waals surface area contributed by atoms with E-state index in [4.69, 9.17) is 38.9 Å². The molecular weight excluding hydrogens is 1080 g/mol. The van der Waals surface area contributed by atoms with Gasteiger partial charge in [0.2, 0.25) is 5.91 Å². The van der Waals surface area contributed by atoms with E-state index in [1.807, 2.05) is 24.5 Å². The van der Waals surface area contributed by atoms with Crippen LogP contribution >= 0.6 is 86.9 Å². The number of halogens is 6. The lowest BCUT2D eigenvalue weighted by Crippen LogP contribution is -2.49. The number of fused-ring (bicyclic) bond motifs is 4. The Kier molecular flexibility index (Phi) is 15.5. The van der Waals surface area contributed by atoms with Crippen molar-refractivity contribution in [2.45, 2.75) is 102 Å². The largest absolute Gasteiger partial charge is 0.351 e. The van der Waals surface area contributed by atoms with Gasteiger partial charge in [-0.15, -0.1) is 0 Å². The minimum absolute atomic E-state index is 0.139. The zero-order valence-electron chi connectivity index (χ0n) is 35.1. The fourth-order valence-corrected chi connectivity index (χ4v) is 14.1. The summed E-state index contributed by atoms with van der Waals surface area (Å²) in [4.78, 5) is 38.7. The fraction of sp³-hybridized carbons (Fsp3) is 0.500. The minimum atomic E-state index is -0.346. The van der Waals surface area contributed by atoms with E-state index in [9.17, 15) is 9.59 Å². The number of nitrogens with one attached hydrogen (secondary N) is 1. The molecule has 2 aromatic carbocycles. The zero-order valence-corrected chi connectivity index (χ0v) is 42.9. The van der Waals surface area contributed by atoms with Gasteiger partial charge in [-0.2, -0.15) is 0 Å². The number of carbonyl (C=O) groups excluding carboxylic acids is 2. The van der Waals surface area contributed by atoms with Crippen molar-refractivity contribution >= 4 is 98.9 Å². The number of urea groups is 1. The van der Waals surface area contributed by atoms with E-state index in [-0.39, 0.29) is 23.9 Å². The van der Waals surface area contributed by atoms with Crippen LogP contribution in [0.3, 0.4) is 0 Å². The predicted octanol–water partition coefficient (Wildman–Crippen LogP) is 12.2. The number of primary amides is 1. The molecule has 2 aliphatic carbocycles. The second-order valence-corrected chi connectivity index (χ2v) is 22.2. The van der Waals surface area contributed by atoms with Gasteiger partial charge in [0.05, 0.1) is 11.4 Å². The molecule has 5 heterocycles. The number of likely N-dealkylation sites (tertiary alicyclic amines) is 2. The van der Waals surface area contributed by atoms with Crippen molar-refractivity contribution in [3.8, 4) is 0 Å². The zero-order chi connectivity index (χ0) is 43.7. The number of nitrogens with zero attached hydrogens (tertiary/aromatic N) is 4. The number of piperidine rings is 3. The van der Waals surface area contributed by atoms with Gasteiger partial charge in [0.25, 0.3) is 0 Å². The average Bonchev–Trinajstić information content (AvgIpc) is 3.52. The standard InChI is InChI=1S/C29H35Br2ClN4O2.C19H19Br2ClN2/c1-2-23-11-17(5-10-36(23)29(33)38)12-25(37)35-8-6-18(7-9-35)27-26-19(14-22(32)15-24(26)31)3-4-20-13-21(30)16-34-28(20)27;20-14-7-13-2-1-12-8-15(22)9-16(21)17(12)18(19(13)24-10-14)11-3-5-23-6-4-11/h13-18,23,27H,2-12H2,1H3,(H2,33,38);7-11,18,23H,1-6H2/t17?,23-,27+;18-/m01/s1. The van der Waals surface area contributed by atoms with Gasteiger partial charge in [-0.25, -0.2) is 4.79 Å². The number of aryl methyl sites for hydroxylation is 4. The summed E-state index contributed by atoms with van der Waals surface area (Å²) in [5.41, 5.74) is 16.0. The lowest BCUT2D eigenvalue weighted by molar-refractivity contribution is -0.134. The van der Waals surface area contributed by atoms with Crippen molar-refractivity contribution in [2.75, 3.05) is 32.7 Å². The number of nitrogens with two attached hydrogens (primary N) is 1. The maximum Gasteiger partial charge on any atom is 0.315 e. The Morgan fingerprint density at radius 2 is 1.21 bits per heavy atom. The van der Waals surface area contributed by atoms with Crippen molar-refractivity contribution < 1.29 is 9.59 Å². The van der Waals surface area contributed by atoms with E-state index >= 15 is 0 Å². The summed E-state index contributed by atoms with van der Waals surface area (Å²) in [6, 6.07) is 12.6. The van der Waals surface area contributed by atoms with E-state index < -0.39 is 0 Å². The normalized spacial score (nSPS) is 22.8. The smallest absolute Gasteiger partial charge is 0.315 e. The molecule has 4 atom stereocenters. The predicted molar refractivity (Wildman–Crippen MR) is 263 cm³/mol. The molecule has 1 unspecified atom stereocenters. The fourth-order valence-electron chi connectivity index (χ4n) is 11.1. The molecule has 3 fully saturated rings. The maximum absolute atomic E-state index is 13.3.